The molecule has 5 aromatic rings. The number of nitrogens with zero attached hydrogens (tertiary/aromatic N) is 6. The van der Waals surface area contributed by atoms with E-state index < -0.39 is 0 Å². The van der Waals surface area contributed by atoms with E-state index in [0.29, 0.717) is 29.1 Å². The molecule has 3 N–H and O–H groups in total. The fourth-order valence-electron chi connectivity index (χ4n) is 4.01. The van der Waals surface area contributed by atoms with Gasteiger partial charge in [0.15, 0.2) is 5.82 Å². The quantitative estimate of drug-likeness (QED) is 0.375. The summed E-state index contributed by atoms with van der Waals surface area (Å²) in [5.41, 5.74) is 11.2. The summed E-state index contributed by atoms with van der Waals surface area (Å²) in [6.45, 7) is 2.63. The monoisotopic (exact) mass is 468 g/mol. The number of carbonyl (C=O) groups excluding carboxylic acids is 1. The summed E-state index contributed by atoms with van der Waals surface area (Å²) in [5, 5.41) is 11.6. The molecule has 0 aliphatic carbocycles. The summed E-state index contributed by atoms with van der Waals surface area (Å²) in [7, 11) is 1.48. The van der Waals surface area contributed by atoms with Gasteiger partial charge in [0.2, 0.25) is 5.88 Å². The third-order valence-corrected chi connectivity index (χ3v) is 5.72. The van der Waals surface area contributed by atoms with Crippen molar-refractivity contribution >= 4 is 22.9 Å². The average molecular weight is 469 g/mol. The normalized spacial score (nSPS) is 11.0. The molecule has 0 unspecified atom stereocenters. The fourth-order valence-corrected chi connectivity index (χ4v) is 4.01. The molecule has 0 aliphatic rings. The molecule has 0 saturated heterocycles. The van der Waals surface area contributed by atoms with E-state index in [4.69, 9.17) is 10.5 Å². The van der Waals surface area contributed by atoms with Crippen LogP contribution < -0.4 is 15.8 Å². The van der Waals surface area contributed by atoms with Gasteiger partial charge in [-0.3, -0.25) is 9.48 Å². The van der Waals surface area contributed by atoms with E-state index in [1.807, 2.05) is 31.2 Å². The molecule has 176 valence electrons. The summed E-state index contributed by atoms with van der Waals surface area (Å²) in [5.74, 6) is 0.243. The number of anilines is 2. The predicted molar refractivity (Wildman–Crippen MR) is 132 cm³/mol. The number of hydrogen-bond donors (Lipinski definition) is 2. The maximum absolute atomic E-state index is 13.2. The molecule has 0 saturated carbocycles. The minimum atomic E-state index is -0.356. The number of carbonyl (C=O) groups is 1. The average Bonchev–Trinajstić information content (AvgIpc) is 3.47. The van der Waals surface area contributed by atoms with Crippen LogP contribution in [0.3, 0.4) is 0 Å². The largest absolute Gasteiger partial charge is 0.480 e. The highest BCUT2D eigenvalue weighted by molar-refractivity contribution is 6.06. The summed E-state index contributed by atoms with van der Waals surface area (Å²) in [6.07, 6.45) is 7.29. The Morgan fingerprint density at radius 1 is 1.11 bits per heavy atom. The van der Waals surface area contributed by atoms with Gasteiger partial charge in [0.05, 0.1) is 24.7 Å². The number of pyridine rings is 1. The van der Waals surface area contributed by atoms with Gasteiger partial charge >= 0.3 is 0 Å². The first kappa shape index (κ1) is 22.1. The van der Waals surface area contributed by atoms with Gasteiger partial charge in [-0.25, -0.2) is 14.5 Å². The van der Waals surface area contributed by atoms with Crippen LogP contribution in [-0.2, 0) is 13.0 Å². The third-order valence-electron chi connectivity index (χ3n) is 5.72. The number of aromatic nitrogens is 6. The molecule has 35 heavy (non-hydrogen) atoms. The number of fused-ring (bicyclic) bond motifs is 1. The molecule has 0 bridgehead atoms. The lowest BCUT2D eigenvalue weighted by Crippen LogP contribution is -2.14. The molecule has 1 amide bonds. The number of benzene rings is 1. The molecule has 4 heterocycles. The van der Waals surface area contributed by atoms with Crippen molar-refractivity contribution in [3.8, 4) is 17.1 Å². The zero-order valence-corrected chi connectivity index (χ0v) is 19.3. The topological polar surface area (TPSA) is 125 Å². The Morgan fingerprint density at radius 2 is 1.94 bits per heavy atom. The second kappa shape index (κ2) is 9.26. The van der Waals surface area contributed by atoms with Gasteiger partial charge in [-0.1, -0.05) is 30.3 Å². The van der Waals surface area contributed by atoms with Gasteiger partial charge in [0.1, 0.15) is 17.4 Å². The van der Waals surface area contributed by atoms with E-state index in [2.05, 4.69) is 37.6 Å². The second-order valence-electron chi connectivity index (χ2n) is 8.08. The van der Waals surface area contributed by atoms with Crippen LogP contribution in [0.5, 0.6) is 5.88 Å². The van der Waals surface area contributed by atoms with E-state index >= 15 is 0 Å². The Labute approximate surface area is 201 Å². The van der Waals surface area contributed by atoms with Crippen molar-refractivity contribution in [1.29, 1.82) is 0 Å². The van der Waals surface area contributed by atoms with Crippen LogP contribution in [0.2, 0.25) is 0 Å². The zero-order chi connectivity index (χ0) is 24.4. The van der Waals surface area contributed by atoms with Crippen molar-refractivity contribution in [3.63, 3.8) is 0 Å². The molecule has 0 radical (unpaired) electrons. The summed E-state index contributed by atoms with van der Waals surface area (Å²) >= 11 is 0. The SMILES string of the molecule is COc1ncc(-c2cc(C)c3c(N)ncnn23)cc1C(=O)Nc1cnn(CCc2ccccc2)c1. The molecule has 0 fully saturated rings. The number of methoxy groups -OCH3 is 1. The molecule has 0 spiro atoms. The Balaban J connectivity index is 1.38. The van der Waals surface area contributed by atoms with Gasteiger partial charge in [-0.15, -0.1) is 0 Å². The van der Waals surface area contributed by atoms with Crippen LogP contribution >= 0.6 is 0 Å². The number of nitrogens with one attached hydrogen (secondary N) is 1. The first-order valence-electron chi connectivity index (χ1n) is 11.0. The van der Waals surface area contributed by atoms with Crippen LogP contribution in [0, 0.1) is 6.92 Å². The van der Waals surface area contributed by atoms with Crippen LogP contribution in [0.15, 0.2) is 67.4 Å². The summed E-state index contributed by atoms with van der Waals surface area (Å²) < 4.78 is 8.85. The highest BCUT2D eigenvalue weighted by Crippen LogP contribution is 2.29. The van der Waals surface area contributed by atoms with Crippen LogP contribution in [0.4, 0.5) is 11.5 Å². The minimum absolute atomic E-state index is 0.217. The number of nitrogen functional groups attached to an aromatic ring is 1. The van der Waals surface area contributed by atoms with Crippen molar-refractivity contribution in [2.75, 3.05) is 18.2 Å². The van der Waals surface area contributed by atoms with Crippen molar-refractivity contribution in [2.24, 2.45) is 0 Å². The van der Waals surface area contributed by atoms with Crippen LogP contribution in [0.1, 0.15) is 21.5 Å². The number of hydrogen-bond acceptors (Lipinski definition) is 7. The number of amides is 1. The standard InChI is InChI=1S/C25H24N8O2/c1-16-10-21(33-22(16)23(26)28-15-30-33)18-11-20(25(35-2)27-12-18)24(34)31-19-13-29-32(14-19)9-8-17-6-4-3-5-7-17/h3-7,10-15H,8-9H2,1-2H3,(H,31,34)(H2,26,28,30). The highest BCUT2D eigenvalue weighted by Gasteiger charge is 2.19. The smallest absolute Gasteiger partial charge is 0.261 e. The number of aryl methyl sites for hydroxylation is 3. The molecule has 5 rings (SSSR count). The summed E-state index contributed by atoms with van der Waals surface area (Å²) in [4.78, 5) is 21.6. The number of rotatable bonds is 7. The molecular formula is C25H24N8O2. The number of nitrogens with two attached hydrogens (primary N) is 1. The molecule has 10 nitrogen and oxygen atoms in total. The molecule has 0 aliphatic heterocycles. The van der Waals surface area contributed by atoms with E-state index in [1.165, 1.54) is 19.0 Å². The lowest BCUT2D eigenvalue weighted by Gasteiger charge is -2.10. The van der Waals surface area contributed by atoms with Gasteiger partial charge in [0.25, 0.3) is 5.91 Å². The highest BCUT2D eigenvalue weighted by atomic mass is 16.5. The second-order valence-corrected chi connectivity index (χ2v) is 8.08. The minimum Gasteiger partial charge on any atom is -0.480 e. The Bertz CT molecular complexity index is 1510. The Hall–Kier alpha value is -4.73. The van der Waals surface area contributed by atoms with Crippen molar-refractivity contribution in [3.05, 3.63) is 84.1 Å². The maximum atomic E-state index is 13.2. The Morgan fingerprint density at radius 3 is 2.74 bits per heavy atom. The van der Waals surface area contributed by atoms with E-state index in [1.54, 1.807) is 33.9 Å². The lowest BCUT2D eigenvalue weighted by atomic mass is 10.1. The Kier molecular flexibility index (Phi) is 5.84. The van der Waals surface area contributed by atoms with Crippen molar-refractivity contribution < 1.29 is 9.53 Å². The molecular weight excluding hydrogens is 444 g/mol. The van der Waals surface area contributed by atoms with Gasteiger partial charge in [-0.05, 0) is 36.6 Å². The summed E-state index contributed by atoms with van der Waals surface area (Å²) in [6, 6.07) is 13.8. The molecule has 1 aromatic carbocycles. The van der Waals surface area contributed by atoms with Crippen molar-refractivity contribution in [2.45, 2.75) is 19.9 Å². The maximum Gasteiger partial charge on any atom is 0.261 e. The van der Waals surface area contributed by atoms with E-state index in [0.717, 1.165) is 17.7 Å². The molecule has 4 aromatic heterocycles. The predicted octanol–water partition coefficient (Wildman–Crippen LogP) is 3.38. The van der Waals surface area contributed by atoms with E-state index in [-0.39, 0.29) is 17.4 Å². The molecule has 10 heteroatoms. The lowest BCUT2D eigenvalue weighted by molar-refractivity contribution is 0.102. The first-order valence-corrected chi connectivity index (χ1v) is 11.0. The van der Waals surface area contributed by atoms with Gasteiger partial charge in [0, 0.05) is 24.5 Å². The number of ether oxygens (including phenoxy) is 1. The zero-order valence-electron chi connectivity index (χ0n) is 19.3. The van der Waals surface area contributed by atoms with Crippen LogP contribution in [0.25, 0.3) is 16.8 Å². The van der Waals surface area contributed by atoms with Crippen LogP contribution in [-0.4, -0.2) is 42.4 Å². The van der Waals surface area contributed by atoms with Gasteiger partial charge < -0.3 is 15.8 Å². The molecule has 0 atom stereocenters. The van der Waals surface area contributed by atoms with Crippen molar-refractivity contribution in [1.82, 2.24) is 29.4 Å². The third kappa shape index (κ3) is 4.41. The van der Waals surface area contributed by atoms with Gasteiger partial charge in [-0.2, -0.15) is 10.2 Å². The van der Waals surface area contributed by atoms with E-state index in [9.17, 15) is 4.79 Å². The fraction of sp³-hybridized carbons (Fsp3) is 0.160. The first-order chi connectivity index (χ1) is 17.0.